The van der Waals surface area contributed by atoms with Crippen LogP contribution in [0.1, 0.15) is 17.9 Å². The van der Waals surface area contributed by atoms with Gasteiger partial charge in [0.15, 0.2) is 0 Å². The third-order valence-electron chi connectivity index (χ3n) is 3.03. The SMILES string of the molecule is COc1cccc2c1SCCC2C(N)CO. The maximum Gasteiger partial charge on any atom is 0.132 e. The molecule has 1 aromatic carbocycles. The third-order valence-corrected chi connectivity index (χ3v) is 4.20. The average Bonchev–Trinajstić information content (AvgIpc) is 2.36. The van der Waals surface area contributed by atoms with Gasteiger partial charge in [0.25, 0.3) is 0 Å². The van der Waals surface area contributed by atoms with Crippen LogP contribution in [0.4, 0.5) is 0 Å². The molecule has 0 amide bonds. The molecular weight excluding hydrogens is 222 g/mol. The number of hydrogen-bond acceptors (Lipinski definition) is 4. The fourth-order valence-electron chi connectivity index (χ4n) is 2.16. The van der Waals surface area contributed by atoms with Crippen molar-refractivity contribution in [3.05, 3.63) is 23.8 Å². The molecule has 2 unspecified atom stereocenters. The second-order valence-corrected chi connectivity index (χ2v) is 5.07. The molecule has 16 heavy (non-hydrogen) atoms. The number of aliphatic hydroxyl groups is 1. The van der Waals surface area contributed by atoms with E-state index >= 15 is 0 Å². The van der Waals surface area contributed by atoms with Gasteiger partial charge in [0.1, 0.15) is 5.75 Å². The summed E-state index contributed by atoms with van der Waals surface area (Å²) in [5.74, 6) is 2.19. The summed E-state index contributed by atoms with van der Waals surface area (Å²) >= 11 is 1.81. The number of benzene rings is 1. The van der Waals surface area contributed by atoms with Gasteiger partial charge in [-0.25, -0.2) is 0 Å². The first kappa shape index (κ1) is 11.8. The van der Waals surface area contributed by atoms with Crippen molar-refractivity contribution in [2.75, 3.05) is 19.5 Å². The van der Waals surface area contributed by atoms with Gasteiger partial charge in [0, 0.05) is 12.0 Å². The lowest BCUT2D eigenvalue weighted by atomic mass is 9.89. The molecule has 0 aromatic heterocycles. The maximum absolute atomic E-state index is 9.18. The van der Waals surface area contributed by atoms with Crippen molar-refractivity contribution in [3.63, 3.8) is 0 Å². The molecule has 4 heteroatoms. The molecule has 88 valence electrons. The molecule has 0 bridgehead atoms. The quantitative estimate of drug-likeness (QED) is 0.841. The number of nitrogens with two attached hydrogens (primary N) is 1. The Morgan fingerprint density at radius 1 is 1.62 bits per heavy atom. The van der Waals surface area contributed by atoms with Gasteiger partial charge in [-0.05, 0) is 23.8 Å². The molecule has 0 saturated carbocycles. The minimum atomic E-state index is -0.174. The van der Waals surface area contributed by atoms with Crippen molar-refractivity contribution in [2.24, 2.45) is 5.73 Å². The maximum atomic E-state index is 9.18. The molecule has 0 radical (unpaired) electrons. The normalized spacial score (nSPS) is 21.3. The molecule has 3 nitrogen and oxygen atoms in total. The second kappa shape index (κ2) is 5.08. The molecule has 2 rings (SSSR count). The van der Waals surface area contributed by atoms with Crippen molar-refractivity contribution in [3.8, 4) is 5.75 Å². The Morgan fingerprint density at radius 3 is 3.12 bits per heavy atom. The third kappa shape index (κ3) is 2.05. The van der Waals surface area contributed by atoms with Crippen molar-refractivity contribution in [1.29, 1.82) is 0 Å². The molecule has 1 heterocycles. The first-order chi connectivity index (χ1) is 7.77. The Kier molecular flexibility index (Phi) is 3.74. The summed E-state index contributed by atoms with van der Waals surface area (Å²) in [5.41, 5.74) is 7.17. The fourth-order valence-corrected chi connectivity index (χ4v) is 3.41. The average molecular weight is 239 g/mol. The molecule has 1 aliphatic rings. The molecule has 3 N–H and O–H groups in total. The largest absolute Gasteiger partial charge is 0.496 e. The van der Waals surface area contributed by atoms with Crippen LogP contribution in [0.15, 0.2) is 23.1 Å². The van der Waals surface area contributed by atoms with E-state index in [0.29, 0.717) is 0 Å². The van der Waals surface area contributed by atoms with Crippen molar-refractivity contribution in [1.82, 2.24) is 0 Å². The number of methoxy groups -OCH3 is 1. The van der Waals surface area contributed by atoms with Crippen LogP contribution >= 0.6 is 11.8 Å². The number of ether oxygens (including phenoxy) is 1. The minimum absolute atomic E-state index is 0.0337. The highest BCUT2D eigenvalue weighted by atomic mass is 32.2. The van der Waals surface area contributed by atoms with E-state index in [-0.39, 0.29) is 18.6 Å². The van der Waals surface area contributed by atoms with Gasteiger partial charge in [0.05, 0.1) is 18.6 Å². The Morgan fingerprint density at radius 2 is 2.44 bits per heavy atom. The molecule has 2 atom stereocenters. The van der Waals surface area contributed by atoms with Crippen LogP contribution in [-0.4, -0.2) is 30.6 Å². The van der Waals surface area contributed by atoms with Gasteiger partial charge in [-0.3, -0.25) is 0 Å². The van der Waals surface area contributed by atoms with Crippen molar-refractivity contribution >= 4 is 11.8 Å². The smallest absolute Gasteiger partial charge is 0.132 e. The van der Waals surface area contributed by atoms with Crippen LogP contribution in [0.2, 0.25) is 0 Å². The van der Waals surface area contributed by atoms with Crippen LogP contribution in [0, 0.1) is 0 Å². The number of fused-ring (bicyclic) bond motifs is 1. The van der Waals surface area contributed by atoms with Crippen LogP contribution < -0.4 is 10.5 Å². The highest BCUT2D eigenvalue weighted by Gasteiger charge is 2.27. The van der Waals surface area contributed by atoms with Gasteiger partial charge in [-0.15, -0.1) is 11.8 Å². The molecule has 0 fully saturated rings. The number of hydrogen-bond donors (Lipinski definition) is 2. The highest BCUT2D eigenvalue weighted by Crippen LogP contribution is 2.43. The molecular formula is C12H17NO2S. The zero-order valence-electron chi connectivity index (χ0n) is 9.35. The summed E-state index contributed by atoms with van der Waals surface area (Å²) in [4.78, 5) is 1.19. The van der Waals surface area contributed by atoms with E-state index in [1.807, 2.05) is 23.9 Å². The van der Waals surface area contributed by atoms with E-state index < -0.39 is 0 Å². The van der Waals surface area contributed by atoms with Gasteiger partial charge < -0.3 is 15.6 Å². The van der Waals surface area contributed by atoms with E-state index in [2.05, 4.69) is 6.07 Å². The zero-order chi connectivity index (χ0) is 11.5. The van der Waals surface area contributed by atoms with E-state index in [1.165, 1.54) is 10.5 Å². The number of aliphatic hydroxyl groups excluding tert-OH is 1. The predicted octanol–water partition coefficient (Wildman–Crippen LogP) is 1.59. The minimum Gasteiger partial charge on any atom is -0.496 e. The van der Waals surface area contributed by atoms with Crippen molar-refractivity contribution in [2.45, 2.75) is 23.3 Å². The fraction of sp³-hybridized carbons (Fsp3) is 0.500. The lowest BCUT2D eigenvalue weighted by Crippen LogP contribution is -2.33. The van der Waals surface area contributed by atoms with Crippen molar-refractivity contribution < 1.29 is 9.84 Å². The monoisotopic (exact) mass is 239 g/mol. The molecule has 1 aliphatic heterocycles. The van der Waals surface area contributed by atoms with Gasteiger partial charge >= 0.3 is 0 Å². The second-order valence-electron chi connectivity index (χ2n) is 3.97. The van der Waals surface area contributed by atoms with Gasteiger partial charge in [-0.2, -0.15) is 0 Å². The zero-order valence-corrected chi connectivity index (χ0v) is 10.2. The summed E-state index contributed by atoms with van der Waals surface area (Å²) in [6, 6.07) is 5.87. The molecule has 1 aromatic rings. The van der Waals surface area contributed by atoms with E-state index in [4.69, 9.17) is 10.5 Å². The van der Waals surface area contributed by atoms with Crippen LogP contribution in [0.25, 0.3) is 0 Å². The highest BCUT2D eigenvalue weighted by molar-refractivity contribution is 7.99. The standard InChI is InChI=1S/C12H17NO2S/c1-15-11-4-2-3-9-8(10(13)7-14)5-6-16-12(9)11/h2-4,8,10,14H,5-7,13H2,1H3. The lowest BCUT2D eigenvalue weighted by molar-refractivity contribution is 0.245. The Bertz CT molecular complexity index is 370. The number of rotatable bonds is 3. The molecule has 0 saturated heterocycles. The number of thioether (sulfide) groups is 1. The molecule has 0 aliphatic carbocycles. The summed E-state index contributed by atoms with van der Waals surface area (Å²) < 4.78 is 5.35. The Balaban J connectivity index is 2.39. The van der Waals surface area contributed by atoms with E-state index in [0.717, 1.165) is 17.9 Å². The topological polar surface area (TPSA) is 55.5 Å². The van der Waals surface area contributed by atoms with Crippen LogP contribution in [0.5, 0.6) is 5.75 Å². The van der Waals surface area contributed by atoms with Crippen LogP contribution in [0.3, 0.4) is 0 Å². The first-order valence-corrected chi connectivity index (χ1v) is 6.42. The lowest BCUT2D eigenvalue weighted by Gasteiger charge is -2.29. The van der Waals surface area contributed by atoms with Gasteiger partial charge in [-0.1, -0.05) is 12.1 Å². The molecule has 0 spiro atoms. The summed E-state index contributed by atoms with van der Waals surface area (Å²) in [6.07, 6.45) is 1.02. The van der Waals surface area contributed by atoms with Gasteiger partial charge in [0.2, 0.25) is 0 Å². The Hall–Kier alpha value is -0.710. The Labute approximate surface area is 100.0 Å². The first-order valence-electron chi connectivity index (χ1n) is 5.44. The van der Waals surface area contributed by atoms with E-state index in [9.17, 15) is 5.11 Å². The summed E-state index contributed by atoms with van der Waals surface area (Å²) in [6.45, 7) is 0.0337. The summed E-state index contributed by atoms with van der Waals surface area (Å²) in [7, 11) is 1.69. The summed E-state index contributed by atoms with van der Waals surface area (Å²) in [5, 5.41) is 9.18. The van der Waals surface area contributed by atoms with Crippen LogP contribution in [-0.2, 0) is 0 Å². The predicted molar refractivity (Wildman–Crippen MR) is 66.1 cm³/mol. The van der Waals surface area contributed by atoms with E-state index in [1.54, 1.807) is 7.11 Å².